The lowest BCUT2D eigenvalue weighted by Crippen LogP contribution is -2.51. The van der Waals surface area contributed by atoms with Gasteiger partial charge in [-0.2, -0.15) is 0 Å². The quantitative estimate of drug-likeness (QED) is 0.810. The maximum absolute atomic E-state index is 13.3. The van der Waals surface area contributed by atoms with Crippen molar-refractivity contribution >= 4 is 5.91 Å². The molecule has 2 fully saturated rings. The normalized spacial score (nSPS) is 26.6. The molecule has 0 aliphatic carbocycles. The second-order valence-electron chi connectivity index (χ2n) is 7.90. The van der Waals surface area contributed by atoms with Crippen LogP contribution in [-0.4, -0.2) is 47.4 Å². The smallest absolute Gasteiger partial charge is 0.254 e. The van der Waals surface area contributed by atoms with Gasteiger partial charge in [0.05, 0.1) is 0 Å². The zero-order valence-corrected chi connectivity index (χ0v) is 15.7. The molecule has 24 heavy (non-hydrogen) atoms. The fourth-order valence-corrected chi connectivity index (χ4v) is 4.68. The summed E-state index contributed by atoms with van der Waals surface area (Å²) >= 11 is 0. The summed E-state index contributed by atoms with van der Waals surface area (Å²) in [6.45, 7) is 7.26. The number of carbonyl (C=O) groups is 1. The Bertz CT molecular complexity index is 563. The Morgan fingerprint density at radius 1 is 1.12 bits per heavy atom. The van der Waals surface area contributed by atoms with E-state index in [1.54, 1.807) is 0 Å². The molecular weight excluding hydrogens is 296 g/mol. The number of rotatable bonds is 5. The molecule has 2 atom stereocenters. The van der Waals surface area contributed by atoms with E-state index in [9.17, 15) is 4.79 Å². The van der Waals surface area contributed by atoms with E-state index in [0.717, 1.165) is 37.8 Å². The molecule has 0 radical (unpaired) electrons. The van der Waals surface area contributed by atoms with Crippen LogP contribution in [0.2, 0.25) is 0 Å². The summed E-state index contributed by atoms with van der Waals surface area (Å²) in [5.41, 5.74) is 3.23. The molecule has 2 heterocycles. The van der Waals surface area contributed by atoms with Crippen molar-refractivity contribution in [2.24, 2.45) is 0 Å². The van der Waals surface area contributed by atoms with E-state index in [2.05, 4.69) is 55.8 Å². The van der Waals surface area contributed by atoms with E-state index in [0.29, 0.717) is 18.1 Å². The number of aryl methyl sites for hydroxylation is 2. The standard InChI is InChI=1S/C21H32N2O/c1-5-6-9-23(20-13-18-7-8-19(14-20)22(18)4)21(24)17-11-15(2)10-16(3)12-17/h10-12,18-20H,5-9,13-14H2,1-4H3/t18-,19-/m0/s1. The van der Waals surface area contributed by atoms with Crippen LogP contribution in [0.3, 0.4) is 0 Å². The Morgan fingerprint density at radius 2 is 1.71 bits per heavy atom. The van der Waals surface area contributed by atoms with Crippen LogP contribution in [0.5, 0.6) is 0 Å². The molecule has 0 aromatic heterocycles. The second kappa shape index (κ2) is 7.26. The summed E-state index contributed by atoms with van der Waals surface area (Å²) in [5, 5.41) is 0. The molecule has 0 spiro atoms. The Kier molecular flexibility index (Phi) is 5.29. The van der Waals surface area contributed by atoms with Gasteiger partial charge in [0.25, 0.3) is 5.91 Å². The Labute approximate surface area is 147 Å². The largest absolute Gasteiger partial charge is 0.336 e. The minimum atomic E-state index is 0.240. The molecule has 3 rings (SSSR count). The van der Waals surface area contributed by atoms with Crippen LogP contribution in [0.1, 0.15) is 66.9 Å². The van der Waals surface area contributed by atoms with Crippen molar-refractivity contribution in [1.29, 1.82) is 0 Å². The lowest BCUT2D eigenvalue weighted by molar-refractivity contribution is 0.0480. The number of benzene rings is 1. The molecule has 2 saturated heterocycles. The van der Waals surface area contributed by atoms with Crippen molar-refractivity contribution in [1.82, 2.24) is 9.80 Å². The van der Waals surface area contributed by atoms with E-state index in [-0.39, 0.29) is 5.91 Å². The summed E-state index contributed by atoms with van der Waals surface area (Å²) in [5.74, 6) is 0.240. The molecule has 1 aromatic rings. The van der Waals surface area contributed by atoms with Gasteiger partial charge < -0.3 is 9.80 Å². The first-order valence-corrected chi connectivity index (χ1v) is 9.60. The Balaban J connectivity index is 1.82. The first-order valence-electron chi connectivity index (χ1n) is 9.60. The van der Waals surface area contributed by atoms with E-state index in [1.165, 1.54) is 24.0 Å². The third-order valence-electron chi connectivity index (χ3n) is 6.00. The van der Waals surface area contributed by atoms with Crippen molar-refractivity contribution in [2.45, 2.75) is 77.4 Å². The van der Waals surface area contributed by atoms with Gasteiger partial charge in [-0.3, -0.25) is 4.79 Å². The second-order valence-corrected chi connectivity index (χ2v) is 7.90. The topological polar surface area (TPSA) is 23.6 Å². The third-order valence-corrected chi connectivity index (χ3v) is 6.00. The highest BCUT2D eigenvalue weighted by molar-refractivity contribution is 5.94. The minimum Gasteiger partial charge on any atom is -0.336 e. The summed E-state index contributed by atoms with van der Waals surface area (Å²) in [7, 11) is 2.26. The van der Waals surface area contributed by atoms with E-state index in [4.69, 9.17) is 0 Å². The number of amides is 1. The van der Waals surface area contributed by atoms with Crippen molar-refractivity contribution in [2.75, 3.05) is 13.6 Å². The number of piperidine rings is 1. The fraction of sp³-hybridized carbons (Fsp3) is 0.667. The predicted molar refractivity (Wildman–Crippen MR) is 99.5 cm³/mol. The van der Waals surface area contributed by atoms with Crippen molar-refractivity contribution in [3.05, 3.63) is 34.9 Å². The van der Waals surface area contributed by atoms with E-state index in [1.807, 2.05) is 0 Å². The molecule has 0 N–H and O–H groups in total. The van der Waals surface area contributed by atoms with Crippen LogP contribution in [0, 0.1) is 13.8 Å². The predicted octanol–water partition coefficient (Wildman–Crippen LogP) is 4.17. The summed E-state index contributed by atoms with van der Waals surface area (Å²) < 4.78 is 0. The summed E-state index contributed by atoms with van der Waals surface area (Å²) in [4.78, 5) is 18.0. The van der Waals surface area contributed by atoms with Gasteiger partial charge in [-0.15, -0.1) is 0 Å². The number of nitrogens with zero attached hydrogens (tertiary/aromatic N) is 2. The van der Waals surface area contributed by atoms with Crippen LogP contribution in [0.25, 0.3) is 0 Å². The lowest BCUT2D eigenvalue weighted by atomic mass is 9.95. The number of unbranched alkanes of at least 4 members (excludes halogenated alkanes) is 1. The molecule has 3 nitrogen and oxygen atoms in total. The molecule has 1 amide bonds. The average Bonchev–Trinajstić information content (AvgIpc) is 2.75. The molecule has 132 valence electrons. The average molecular weight is 329 g/mol. The Hall–Kier alpha value is -1.35. The molecule has 2 aliphatic rings. The van der Waals surface area contributed by atoms with Crippen molar-refractivity contribution in [3.63, 3.8) is 0 Å². The SMILES string of the molecule is CCCCN(C(=O)c1cc(C)cc(C)c1)C1C[C@@H]2CC[C@@H](C1)N2C. The maximum Gasteiger partial charge on any atom is 0.254 e. The molecule has 0 saturated carbocycles. The van der Waals surface area contributed by atoms with Gasteiger partial charge in [-0.05, 0) is 65.1 Å². The number of hydrogen-bond donors (Lipinski definition) is 0. The fourth-order valence-electron chi connectivity index (χ4n) is 4.68. The zero-order valence-electron chi connectivity index (χ0n) is 15.7. The summed E-state index contributed by atoms with van der Waals surface area (Å²) in [6, 6.07) is 8.01. The van der Waals surface area contributed by atoms with Gasteiger partial charge in [0.15, 0.2) is 0 Å². The monoisotopic (exact) mass is 328 g/mol. The van der Waals surface area contributed by atoms with Gasteiger partial charge >= 0.3 is 0 Å². The molecule has 1 aromatic carbocycles. The van der Waals surface area contributed by atoms with Crippen LogP contribution in [0.4, 0.5) is 0 Å². The molecule has 0 unspecified atom stereocenters. The van der Waals surface area contributed by atoms with Gasteiger partial charge in [-0.25, -0.2) is 0 Å². The zero-order chi connectivity index (χ0) is 17.3. The first-order chi connectivity index (χ1) is 11.5. The van der Waals surface area contributed by atoms with Crippen LogP contribution < -0.4 is 0 Å². The number of fused-ring (bicyclic) bond motifs is 2. The van der Waals surface area contributed by atoms with Gasteiger partial charge in [-0.1, -0.05) is 30.5 Å². The maximum atomic E-state index is 13.3. The number of carbonyl (C=O) groups excluding carboxylic acids is 1. The van der Waals surface area contributed by atoms with Gasteiger partial charge in [0, 0.05) is 30.2 Å². The minimum absolute atomic E-state index is 0.240. The van der Waals surface area contributed by atoms with E-state index < -0.39 is 0 Å². The van der Waals surface area contributed by atoms with Crippen LogP contribution in [0.15, 0.2) is 18.2 Å². The molecule has 2 bridgehead atoms. The first kappa shape index (κ1) is 17.5. The lowest BCUT2D eigenvalue weighted by Gasteiger charge is -2.42. The van der Waals surface area contributed by atoms with Gasteiger partial charge in [0.1, 0.15) is 0 Å². The van der Waals surface area contributed by atoms with Crippen molar-refractivity contribution in [3.8, 4) is 0 Å². The molecule has 3 heteroatoms. The third kappa shape index (κ3) is 3.51. The van der Waals surface area contributed by atoms with E-state index >= 15 is 0 Å². The highest BCUT2D eigenvalue weighted by Crippen LogP contribution is 2.36. The van der Waals surface area contributed by atoms with Crippen LogP contribution >= 0.6 is 0 Å². The Morgan fingerprint density at radius 3 is 2.25 bits per heavy atom. The van der Waals surface area contributed by atoms with Crippen molar-refractivity contribution < 1.29 is 4.79 Å². The molecular formula is C21H32N2O. The van der Waals surface area contributed by atoms with Crippen LogP contribution in [-0.2, 0) is 0 Å². The summed E-state index contributed by atoms with van der Waals surface area (Å²) in [6.07, 6.45) is 7.13. The number of hydrogen-bond acceptors (Lipinski definition) is 2. The highest BCUT2D eigenvalue weighted by Gasteiger charge is 2.41. The van der Waals surface area contributed by atoms with Gasteiger partial charge in [0.2, 0.25) is 0 Å². The molecule has 2 aliphatic heterocycles. The highest BCUT2D eigenvalue weighted by atomic mass is 16.2.